The Morgan fingerprint density at radius 2 is 2.19 bits per heavy atom. The van der Waals surface area contributed by atoms with Crippen LogP contribution in [0.3, 0.4) is 0 Å². The first-order valence-electron chi connectivity index (χ1n) is 6.68. The summed E-state index contributed by atoms with van der Waals surface area (Å²) in [5, 5.41) is 17.3. The number of aromatic carboxylic acids is 1. The predicted octanol–water partition coefficient (Wildman–Crippen LogP) is 3.30. The van der Waals surface area contributed by atoms with Crippen molar-refractivity contribution in [1.29, 1.82) is 0 Å². The van der Waals surface area contributed by atoms with E-state index in [2.05, 4.69) is 36.3 Å². The lowest BCUT2D eigenvalue weighted by Gasteiger charge is -2.11. The van der Waals surface area contributed by atoms with Crippen LogP contribution in [0.4, 0.5) is 0 Å². The van der Waals surface area contributed by atoms with Crippen LogP contribution in [0.25, 0.3) is 11.0 Å². The van der Waals surface area contributed by atoms with Crippen molar-refractivity contribution in [3.63, 3.8) is 0 Å². The van der Waals surface area contributed by atoms with Gasteiger partial charge in [-0.05, 0) is 44.2 Å². The van der Waals surface area contributed by atoms with E-state index in [1.807, 2.05) is 4.68 Å². The van der Waals surface area contributed by atoms with Gasteiger partial charge in [0.2, 0.25) is 0 Å². The fourth-order valence-corrected chi connectivity index (χ4v) is 3.38. The van der Waals surface area contributed by atoms with E-state index >= 15 is 0 Å². The molecule has 0 aliphatic rings. The minimum absolute atomic E-state index is 0.170. The van der Waals surface area contributed by atoms with Crippen LogP contribution in [0.15, 0.2) is 30.3 Å². The summed E-state index contributed by atoms with van der Waals surface area (Å²) in [5.74, 6) is -0.950. The number of hydrogen-bond donors (Lipinski definition) is 1. The quantitative estimate of drug-likeness (QED) is 0.802. The molecule has 0 aliphatic heterocycles. The predicted molar refractivity (Wildman–Crippen MR) is 82.0 cm³/mol. The van der Waals surface area contributed by atoms with Crippen molar-refractivity contribution in [2.45, 2.75) is 26.3 Å². The standard InChI is InChI=1S/C15H15N3O2S/c1-9(7-12-5-3-10(2)21-12)18-14-6-4-11(15(19)20)8-13(14)16-17-18/h3-6,8-9H,7H2,1-2H3,(H,19,20). The number of nitrogens with zero attached hydrogens (tertiary/aromatic N) is 3. The lowest BCUT2D eigenvalue weighted by atomic mass is 10.1. The molecule has 0 bridgehead atoms. The fourth-order valence-electron chi connectivity index (χ4n) is 2.37. The van der Waals surface area contributed by atoms with Crippen LogP contribution < -0.4 is 0 Å². The molecule has 1 atom stereocenters. The Balaban J connectivity index is 1.91. The molecule has 2 heterocycles. The van der Waals surface area contributed by atoms with E-state index in [4.69, 9.17) is 5.11 Å². The Hall–Kier alpha value is -2.21. The van der Waals surface area contributed by atoms with Crippen molar-refractivity contribution in [3.8, 4) is 0 Å². The third kappa shape index (κ3) is 2.67. The monoisotopic (exact) mass is 301 g/mol. The molecule has 0 aliphatic carbocycles. The Morgan fingerprint density at radius 1 is 1.38 bits per heavy atom. The zero-order chi connectivity index (χ0) is 15.0. The van der Waals surface area contributed by atoms with Crippen molar-refractivity contribution in [2.24, 2.45) is 0 Å². The maximum Gasteiger partial charge on any atom is 0.335 e. The Labute approximate surface area is 125 Å². The summed E-state index contributed by atoms with van der Waals surface area (Å²) in [4.78, 5) is 13.6. The second kappa shape index (κ2) is 5.29. The summed E-state index contributed by atoms with van der Waals surface area (Å²) in [6.07, 6.45) is 0.887. The first kappa shape index (κ1) is 13.8. The van der Waals surface area contributed by atoms with Gasteiger partial charge in [0, 0.05) is 16.2 Å². The van der Waals surface area contributed by atoms with Crippen LogP contribution in [-0.2, 0) is 6.42 Å². The highest BCUT2D eigenvalue weighted by atomic mass is 32.1. The third-order valence-corrected chi connectivity index (χ3v) is 4.45. The average Bonchev–Trinajstić information content (AvgIpc) is 3.04. The molecule has 0 saturated carbocycles. The van der Waals surface area contributed by atoms with Crippen LogP contribution in [-0.4, -0.2) is 26.1 Å². The Bertz CT molecular complexity index is 806. The molecule has 6 heteroatoms. The van der Waals surface area contributed by atoms with Crippen molar-refractivity contribution in [2.75, 3.05) is 0 Å². The van der Waals surface area contributed by atoms with Gasteiger partial charge < -0.3 is 5.11 Å². The van der Waals surface area contributed by atoms with Gasteiger partial charge in [0.05, 0.1) is 17.1 Å². The molecule has 0 saturated heterocycles. The number of hydrogen-bond acceptors (Lipinski definition) is 4. The van der Waals surface area contributed by atoms with E-state index in [1.165, 1.54) is 9.75 Å². The summed E-state index contributed by atoms with van der Waals surface area (Å²) in [5.41, 5.74) is 1.71. The molecule has 1 unspecified atom stereocenters. The van der Waals surface area contributed by atoms with Crippen molar-refractivity contribution in [1.82, 2.24) is 15.0 Å². The summed E-state index contributed by atoms with van der Waals surface area (Å²) in [7, 11) is 0. The Kier molecular flexibility index (Phi) is 3.47. The maximum absolute atomic E-state index is 11.0. The Morgan fingerprint density at radius 3 is 2.86 bits per heavy atom. The molecule has 3 aromatic rings. The van der Waals surface area contributed by atoms with E-state index in [1.54, 1.807) is 29.5 Å². The number of fused-ring (bicyclic) bond motifs is 1. The van der Waals surface area contributed by atoms with E-state index in [0.717, 1.165) is 11.9 Å². The number of carboxylic acids is 1. The summed E-state index contributed by atoms with van der Waals surface area (Å²) < 4.78 is 1.86. The van der Waals surface area contributed by atoms with Crippen LogP contribution in [0, 0.1) is 6.92 Å². The highest BCUT2D eigenvalue weighted by Gasteiger charge is 2.14. The molecule has 21 heavy (non-hydrogen) atoms. The third-order valence-electron chi connectivity index (χ3n) is 3.43. The number of aromatic nitrogens is 3. The van der Waals surface area contributed by atoms with Gasteiger partial charge in [-0.2, -0.15) is 0 Å². The lowest BCUT2D eigenvalue weighted by Crippen LogP contribution is -2.09. The van der Waals surface area contributed by atoms with Crippen molar-refractivity contribution >= 4 is 28.3 Å². The van der Waals surface area contributed by atoms with E-state index < -0.39 is 5.97 Å². The van der Waals surface area contributed by atoms with Gasteiger partial charge in [-0.1, -0.05) is 5.21 Å². The van der Waals surface area contributed by atoms with Crippen LogP contribution in [0.2, 0.25) is 0 Å². The normalized spacial score (nSPS) is 12.7. The lowest BCUT2D eigenvalue weighted by molar-refractivity contribution is 0.0697. The number of carbonyl (C=O) groups is 1. The van der Waals surface area contributed by atoms with Gasteiger partial charge in [0.15, 0.2) is 0 Å². The number of benzene rings is 1. The van der Waals surface area contributed by atoms with Gasteiger partial charge in [0.25, 0.3) is 0 Å². The SMILES string of the molecule is Cc1ccc(CC(C)n2nnc3cc(C(=O)O)ccc32)s1. The summed E-state index contributed by atoms with van der Waals surface area (Å²) in [6, 6.07) is 9.34. The van der Waals surface area contributed by atoms with E-state index in [0.29, 0.717) is 5.52 Å². The average molecular weight is 301 g/mol. The molecule has 1 aromatic carbocycles. The van der Waals surface area contributed by atoms with Gasteiger partial charge >= 0.3 is 5.97 Å². The van der Waals surface area contributed by atoms with E-state index in [-0.39, 0.29) is 11.6 Å². The molecule has 0 spiro atoms. The van der Waals surface area contributed by atoms with Crippen molar-refractivity contribution < 1.29 is 9.90 Å². The van der Waals surface area contributed by atoms with Gasteiger partial charge in [0.1, 0.15) is 5.52 Å². The van der Waals surface area contributed by atoms with Crippen LogP contribution in [0.1, 0.15) is 33.1 Å². The second-order valence-electron chi connectivity index (χ2n) is 5.11. The van der Waals surface area contributed by atoms with Crippen LogP contribution >= 0.6 is 11.3 Å². The van der Waals surface area contributed by atoms with Gasteiger partial charge in [-0.15, -0.1) is 16.4 Å². The molecule has 0 fully saturated rings. The molecular weight excluding hydrogens is 286 g/mol. The highest BCUT2D eigenvalue weighted by Crippen LogP contribution is 2.23. The largest absolute Gasteiger partial charge is 0.478 e. The molecule has 108 valence electrons. The molecular formula is C15H15N3O2S. The highest BCUT2D eigenvalue weighted by molar-refractivity contribution is 7.11. The topological polar surface area (TPSA) is 68.0 Å². The number of aryl methyl sites for hydroxylation is 1. The molecule has 5 nitrogen and oxygen atoms in total. The zero-order valence-electron chi connectivity index (χ0n) is 11.8. The zero-order valence-corrected chi connectivity index (χ0v) is 12.6. The molecule has 2 aromatic heterocycles. The first-order chi connectivity index (χ1) is 10.0. The van der Waals surface area contributed by atoms with Crippen molar-refractivity contribution in [3.05, 3.63) is 45.6 Å². The van der Waals surface area contributed by atoms with E-state index in [9.17, 15) is 4.79 Å². The molecule has 0 radical (unpaired) electrons. The molecule has 0 amide bonds. The van der Waals surface area contributed by atoms with Crippen LogP contribution in [0.5, 0.6) is 0 Å². The first-order valence-corrected chi connectivity index (χ1v) is 7.50. The summed E-state index contributed by atoms with van der Waals surface area (Å²) >= 11 is 1.79. The number of carboxylic acid groups (broad SMARTS) is 1. The summed E-state index contributed by atoms with van der Waals surface area (Å²) in [6.45, 7) is 4.19. The second-order valence-corrected chi connectivity index (χ2v) is 6.48. The molecule has 3 rings (SSSR count). The van der Waals surface area contributed by atoms with Gasteiger partial charge in [-0.3, -0.25) is 0 Å². The minimum atomic E-state index is -0.950. The maximum atomic E-state index is 11.0. The van der Waals surface area contributed by atoms with Gasteiger partial charge in [-0.25, -0.2) is 9.48 Å². The minimum Gasteiger partial charge on any atom is -0.478 e. The smallest absolute Gasteiger partial charge is 0.335 e. The number of rotatable bonds is 4. The number of thiophene rings is 1. The molecule has 1 N–H and O–H groups in total. The fraction of sp³-hybridized carbons (Fsp3) is 0.267.